The molecule has 0 saturated heterocycles. The highest BCUT2D eigenvalue weighted by Crippen LogP contribution is 2.34. The van der Waals surface area contributed by atoms with Gasteiger partial charge in [0.1, 0.15) is 18.2 Å². The Balaban J connectivity index is 1.75. The fourth-order valence-electron chi connectivity index (χ4n) is 3.45. The Morgan fingerprint density at radius 2 is 2.04 bits per heavy atom. The minimum absolute atomic E-state index is 0.0757. The second kappa shape index (κ2) is 9.19. The summed E-state index contributed by atoms with van der Waals surface area (Å²) in [5.41, 5.74) is 1.09. The molecule has 1 aliphatic rings. The summed E-state index contributed by atoms with van der Waals surface area (Å²) in [7, 11) is 0. The van der Waals surface area contributed by atoms with Gasteiger partial charge in [-0.1, -0.05) is 6.92 Å². The number of halogens is 1. The van der Waals surface area contributed by atoms with E-state index in [1.54, 1.807) is 28.4 Å². The zero-order valence-electron chi connectivity index (χ0n) is 16.2. The predicted molar refractivity (Wildman–Crippen MR) is 107 cm³/mol. The van der Waals surface area contributed by atoms with Gasteiger partial charge in [-0.25, -0.2) is 4.39 Å². The highest BCUT2D eigenvalue weighted by Gasteiger charge is 2.33. The zero-order chi connectivity index (χ0) is 20.1. The lowest BCUT2D eigenvalue weighted by atomic mass is 10.0. The minimum atomic E-state index is -0.317. The molecule has 1 unspecified atom stereocenters. The standard InChI is InChI=1S/C21H25FN2O3S/c1-3-10-23(15(2)25)13-21(26)24-11-8-20-18(9-12-28-20)19(24)14-27-17-6-4-16(22)5-7-17/h4-7,9,12,19H,3,8,10-11,13-14H2,1-2H3. The molecule has 3 rings (SSSR count). The molecular formula is C21H25FN2O3S. The maximum atomic E-state index is 13.1. The van der Waals surface area contributed by atoms with Crippen LogP contribution in [0.2, 0.25) is 0 Å². The average Bonchev–Trinajstić information content (AvgIpc) is 3.15. The Morgan fingerprint density at radius 3 is 2.71 bits per heavy atom. The first-order valence-corrected chi connectivity index (χ1v) is 10.4. The van der Waals surface area contributed by atoms with Gasteiger partial charge in [-0.2, -0.15) is 0 Å². The molecule has 0 bridgehead atoms. The molecule has 0 aliphatic carbocycles. The number of hydrogen-bond acceptors (Lipinski definition) is 4. The third kappa shape index (κ3) is 4.70. The number of rotatable bonds is 7. The van der Waals surface area contributed by atoms with Crippen LogP contribution in [-0.4, -0.2) is 47.9 Å². The molecule has 1 aromatic carbocycles. The van der Waals surface area contributed by atoms with Gasteiger partial charge in [0.25, 0.3) is 0 Å². The van der Waals surface area contributed by atoms with Crippen LogP contribution in [0.25, 0.3) is 0 Å². The number of ether oxygens (including phenoxy) is 1. The van der Waals surface area contributed by atoms with Crippen molar-refractivity contribution in [3.63, 3.8) is 0 Å². The van der Waals surface area contributed by atoms with E-state index in [2.05, 4.69) is 0 Å². The number of fused-ring (bicyclic) bond motifs is 1. The first-order chi connectivity index (χ1) is 13.5. The van der Waals surface area contributed by atoms with E-state index in [1.165, 1.54) is 23.9 Å². The molecule has 2 aromatic rings. The first kappa shape index (κ1) is 20.3. The van der Waals surface area contributed by atoms with Crippen molar-refractivity contribution in [2.24, 2.45) is 0 Å². The van der Waals surface area contributed by atoms with Crippen molar-refractivity contribution in [3.8, 4) is 5.75 Å². The van der Waals surface area contributed by atoms with E-state index in [1.807, 2.05) is 23.3 Å². The van der Waals surface area contributed by atoms with Gasteiger partial charge < -0.3 is 14.5 Å². The molecule has 5 nitrogen and oxygen atoms in total. The normalized spacial score (nSPS) is 15.8. The molecule has 2 amide bonds. The molecule has 1 aromatic heterocycles. The van der Waals surface area contributed by atoms with E-state index in [4.69, 9.17) is 4.74 Å². The van der Waals surface area contributed by atoms with E-state index in [0.29, 0.717) is 18.8 Å². The van der Waals surface area contributed by atoms with Gasteiger partial charge in [0.05, 0.1) is 12.6 Å². The summed E-state index contributed by atoms with van der Waals surface area (Å²) < 4.78 is 19.0. The number of thiophene rings is 1. The fraction of sp³-hybridized carbons (Fsp3) is 0.429. The van der Waals surface area contributed by atoms with Crippen LogP contribution < -0.4 is 4.74 Å². The lowest BCUT2D eigenvalue weighted by molar-refractivity contribution is -0.141. The SMILES string of the molecule is CCCN(CC(=O)N1CCc2sccc2C1COc1ccc(F)cc1)C(C)=O. The number of carbonyl (C=O) groups excluding carboxylic acids is 2. The molecule has 28 heavy (non-hydrogen) atoms. The van der Waals surface area contributed by atoms with Gasteiger partial charge in [-0.3, -0.25) is 9.59 Å². The van der Waals surface area contributed by atoms with Crippen molar-refractivity contribution in [3.05, 3.63) is 52.0 Å². The predicted octanol–water partition coefficient (Wildman–Crippen LogP) is 3.65. The molecule has 0 radical (unpaired) electrons. The second-order valence-electron chi connectivity index (χ2n) is 6.86. The lowest BCUT2D eigenvalue weighted by Crippen LogP contribution is -2.47. The van der Waals surface area contributed by atoms with Crippen LogP contribution in [0.3, 0.4) is 0 Å². The quantitative estimate of drug-likeness (QED) is 0.708. The number of hydrogen-bond donors (Lipinski definition) is 0. The number of carbonyl (C=O) groups is 2. The monoisotopic (exact) mass is 404 g/mol. The Labute approximate surface area is 168 Å². The number of amides is 2. The van der Waals surface area contributed by atoms with Crippen molar-refractivity contribution in [2.45, 2.75) is 32.7 Å². The van der Waals surface area contributed by atoms with Gasteiger partial charge in [-0.15, -0.1) is 11.3 Å². The molecule has 2 heterocycles. The smallest absolute Gasteiger partial charge is 0.242 e. The molecule has 7 heteroatoms. The molecule has 1 aliphatic heterocycles. The van der Waals surface area contributed by atoms with Crippen LogP contribution in [0.5, 0.6) is 5.75 Å². The van der Waals surface area contributed by atoms with Crippen molar-refractivity contribution in [1.29, 1.82) is 0 Å². The zero-order valence-corrected chi connectivity index (χ0v) is 17.0. The molecule has 1 atom stereocenters. The van der Waals surface area contributed by atoms with Crippen molar-refractivity contribution in [2.75, 3.05) is 26.2 Å². The van der Waals surface area contributed by atoms with E-state index in [0.717, 1.165) is 18.4 Å². The van der Waals surface area contributed by atoms with Gasteiger partial charge in [0, 0.05) is 24.9 Å². The lowest BCUT2D eigenvalue weighted by Gasteiger charge is -2.37. The van der Waals surface area contributed by atoms with Crippen LogP contribution >= 0.6 is 11.3 Å². The highest BCUT2D eigenvalue weighted by atomic mass is 32.1. The van der Waals surface area contributed by atoms with Crippen molar-refractivity contribution < 1.29 is 18.7 Å². The molecule has 0 N–H and O–H groups in total. The van der Waals surface area contributed by atoms with Crippen LogP contribution in [0.4, 0.5) is 4.39 Å². The highest BCUT2D eigenvalue weighted by molar-refractivity contribution is 7.10. The van der Waals surface area contributed by atoms with E-state index < -0.39 is 0 Å². The summed E-state index contributed by atoms with van der Waals surface area (Å²) >= 11 is 1.69. The summed E-state index contributed by atoms with van der Waals surface area (Å²) in [6.45, 7) is 5.01. The maximum Gasteiger partial charge on any atom is 0.242 e. The Morgan fingerprint density at radius 1 is 1.29 bits per heavy atom. The van der Waals surface area contributed by atoms with E-state index in [9.17, 15) is 14.0 Å². The minimum Gasteiger partial charge on any atom is -0.491 e. The largest absolute Gasteiger partial charge is 0.491 e. The summed E-state index contributed by atoms with van der Waals surface area (Å²) in [5, 5.41) is 2.03. The van der Waals surface area contributed by atoms with Gasteiger partial charge >= 0.3 is 0 Å². The fourth-order valence-corrected chi connectivity index (χ4v) is 4.38. The Bertz CT molecular complexity index is 821. The summed E-state index contributed by atoms with van der Waals surface area (Å²) in [6, 6.07) is 7.68. The molecule has 0 spiro atoms. The third-order valence-electron chi connectivity index (χ3n) is 4.90. The molecule has 0 saturated carbocycles. The number of nitrogens with zero attached hydrogens (tertiary/aromatic N) is 2. The second-order valence-corrected chi connectivity index (χ2v) is 7.86. The summed E-state index contributed by atoms with van der Waals surface area (Å²) in [6.07, 6.45) is 1.61. The Kier molecular flexibility index (Phi) is 6.67. The first-order valence-electron chi connectivity index (χ1n) is 9.49. The average molecular weight is 405 g/mol. The maximum absolute atomic E-state index is 13.1. The van der Waals surface area contributed by atoms with Gasteiger partial charge in [0.15, 0.2) is 0 Å². The summed E-state index contributed by atoms with van der Waals surface area (Å²) in [4.78, 5) is 29.5. The number of benzene rings is 1. The van der Waals surface area contributed by atoms with E-state index >= 15 is 0 Å². The van der Waals surface area contributed by atoms with Crippen LogP contribution in [0.1, 0.15) is 36.8 Å². The third-order valence-corrected chi connectivity index (χ3v) is 5.90. The van der Waals surface area contributed by atoms with Gasteiger partial charge in [-0.05, 0) is 54.1 Å². The molecule has 0 fully saturated rings. The molecule has 150 valence electrons. The van der Waals surface area contributed by atoms with Crippen LogP contribution in [0, 0.1) is 5.82 Å². The van der Waals surface area contributed by atoms with Gasteiger partial charge in [0.2, 0.25) is 11.8 Å². The molecular weight excluding hydrogens is 379 g/mol. The van der Waals surface area contributed by atoms with Crippen molar-refractivity contribution >= 4 is 23.2 Å². The van der Waals surface area contributed by atoms with Crippen LogP contribution in [0.15, 0.2) is 35.7 Å². The summed E-state index contributed by atoms with van der Waals surface area (Å²) in [5.74, 6) is 0.0745. The van der Waals surface area contributed by atoms with Crippen LogP contribution in [-0.2, 0) is 16.0 Å². The topological polar surface area (TPSA) is 49.9 Å². The van der Waals surface area contributed by atoms with Crippen molar-refractivity contribution in [1.82, 2.24) is 9.80 Å². The van der Waals surface area contributed by atoms with E-state index in [-0.39, 0.29) is 36.8 Å². The Hall–Kier alpha value is -2.41.